The molecule has 2 amide bonds. The predicted molar refractivity (Wildman–Crippen MR) is 115 cm³/mol. The molecule has 1 aliphatic heterocycles. The third-order valence-corrected chi connectivity index (χ3v) is 5.89. The van der Waals surface area contributed by atoms with Gasteiger partial charge in [-0.1, -0.05) is 25.1 Å². The molecule has 0 aliphatic carbocycles. The Kier molecular flexibility index (Phi) is 5.63. The molecule has 1 atom stereocenters. The molecule has 162 valence electrons. The molecule has 4 rings (SSSR count). The molecule has 8 nitrogen and oxygen atoms in total. The van der Waals surface area contributed by atoms with Gasteiger partial charge in [0, 0.05) is 50.6 Å². The first-order valence-corrected chi connectivity index (χ1v) is 10.5. The Hall–Kier alpha value is -3.42. The SMILES string of the molecule is CNC(=O)C1(Cc2cc(C(C)C)no2)CCN(C(=O)c2cccc(-n3cccn3)c2)C1. The van der Waals surface area contributed by atoms with E-state index in [1.165, 1.54) is 0 Å². The van der Waals surface area contributed by atoms with Gasteiger partial charge < -0.3 is 14.7 Å². The van der Waals surface area contributed by atoms with Gasteiger partial charge in [0.15, 0.2) is 0 Å². The van der Waals surface area contributed by atoms with Crippen molar-refractivity contribution in [2.24, 2.45) is 5.41 Å². The zero-order valence-corrected chi connectivity index (χ0v) is 18.0. The Morgan fingerprint density at radius 3 is 2.77 bits per heavy atom. The summed E-state index contributed by atoms with van der Waals surface area (Å²) in [6, 6.07) is 11.1. The Morgan fingerprint density at radius 1 is 1.26 bits per heavy atom. The highest BCUT2D eigenvalue weighted by atomic mass is 16.5. The van der Waals surface area contributed by atoms with Crippen LogP contribution >= 0.6 is 0 Å². The highest BCUT2D eigenvalue weighted by Gasteiger charge is 2.46. The van der Waals surface area contributed by atoms with Crippen molar-refractivity contribution in [3.05, 3.63) is 65.8 Å². The summed E-state index contributed by atoms with van der Waals surface area (Å²) >= 11 is 0. The maximum Gasteiger partial charge on any atom is 0.253 e. The number of amides is 2. The molecule has 2 aromatic heterocycles. The van der Waals surface area contributed by atoms with Crippen LogP contribution in [0.4, 0.5) is 0 Å². The molecule has 0 spiro atoms. The van der Waals surface area contributed by atoms with Crippen LogP contribution in [0.15, 0.2) is 53.3 Å². The zero-order chi connectivity index (χ0) is 22.0. The molecule has 1 aliphatic rings. The first-order chi connectivity index (χ1) is 14.9. The third-order valence-electron chi connectivity index (χ3n) is 5.89. The number of aromatic nitrogens is 3. The molecule has 3 aromatic rings. The van der Waals surface area contributed by atoms with Crippen LogP contribution in [-0.4, -0.2) is 51.8 Å². The second-order valence-corrected chi connectivity index (χ2v) is 8.39. The van der Waals surface area contributed by atoms with Crippen molar-refractivity contribution >= 4 is 11.8 Å². The minimum Gasteiger partial charge on any atom is -0.361 e. The lowest BCUT2D eigenvalue weighted by Crippen LogP contribution is -2.44. The van der Waals surface area contributed by atoms with Gasteiger partial charge in [-0.3, -0.25) is 9.59 Å². The van der Waals surface area contributed by atoms with Crippen molar-refractivity contribution in [3.63, 3.8) is 0 Å². The monoisotopic (exact) mass is 421 g/mol. The molecule has 0 radical (unpaired) electrons. The van der Waals surface area contributed by atoms with E-state index >= 15 is 0 Å². The smallest absolute Gasteiger partial charge is 0.253 e. The zero-order valence-electron chi connectivity index (χ0n) is 18.0. The van der Waals surface area contributed by atoms with Crippen molar-refractivity contribution in [3.8, 4) is 5.69 Å². The van der Waals surface area contributed by atoms with E-state index in [1.54, 1.807) is 28.9 Å². The largest absolute Gasteiger partial charge is 0.361 e. The summed E-state index contributed by atoms with van der Waals surface area (Å²) in [6.07, 6.45) is 4.50. The third kappa shape index (κ3) is 4.10. The highest BCUT2D eigenvalue weighted by molar-refractivity contribution is 5.96. The van der Waals surface area contributed by atoms with Gasteiger partial charge >= 0.3 is 0 Å². The maximum atomic E-state index is 13.2. The van der Waals surface area contributed by atoms with Crippen LogP contribution < -0.4 is 5.32 Å². The number of rotatable bonds is 6. The van der Waals surface area contributed by atoms with Crippen LogP contribution in [-0.2, 0) is 11.2 Å². The lowest BCUT2D eigenvalue weighted by Gasteiger charge is -2.26. The van der Waals surface area contributed by atoms with Gasteiger partial charge in [0.2, 0.25) is 5.91 Å². The second-order valence-electron chi connectivity index (χ2n) is 8.39. The van der Waals surface area contributed by atoms with Crippen LogP contribution in [0.3, 0.4) is 0 Å². The summed E-state index contributed by atoms with van der Waals surface area (Å²) in [5.41, 5.74) is 1.51. The van der Waals surface area contributed by atoms with Gasteiger partial charge in [-0.2, -0.15) is 5.10 Å². The number of benzene rings is 1. The molecule has 1 unspecified atom stereocenters. The molecule has 1 fully saturated rings. The average Bonchev–Trinajstić information content (AvgIpc) is 3.54. The second kappa shape index (κ2) is 8.37. The molecular weight excluding hydrogens is 394 g/mol. The molecular formula is C23H27N5O3. The fourth-order valence-corrected chi connectivity index (χ4v) is 4.12. The normalized spacial score (nSPS) is 18.5. The summed E-state index contributed by atoms with van der Waals surface area (Å²) in [6.45, 7) is 4.92. The number of nitrogens with one attached hydrogen (secondary N) is 1. The molecule has 3 heterocycles. The van der Waals surface area contributed by atoms with E-state index in [-0.39, 0.29) is 17.7 Å². The fraction of sp³-hybridized carbons (Fsp3) is 0.391. The lowest BCUT2D eigenvalue weighted by molar-refractivity contribution is -0.130. The van der Waals surface area contributed by atoms with Gasteiger partial charge in [-0.05, 0) is 36.6 Å². The molecule has 0 bridgehead atoms. The summed E-state index contributed by atoms with van der Waals surface area (Å²) in [4.78, 5) is 27.9. The molecule has 8 heteroatoms. The van der Waals surface area contributed by atoms with E-state index in [2.05, 4.69) is 15.6 Å². The van der Waals surface area contributed by atoms with Gasteiger partial charge in [0.25, 0.3) is 5.91 Å². The number of likely N-dealkylation sites (tertiary alicyclic amines) is 1. The van der Waals surface area contributed by atoms with Crippen LogP contribution in [0.2, 0.25) is 0 Å². The lowest BCUT2D eigenvalue weighted by atomic mass is 9.81. The van der Waals surface area contributed by atoms with Crippen molar-refractivity contribution in [2.45, 2.75) is 32.6 Å². The average molecular weight is 422 g/mol. The molecule has 1 aromatic carbocycles. The van der Waals surface area contributed by atoms with E-state index in [4.69, 9.17) is 4.52 Å². The quantitative estimate of drug-likeness (QED) is 0.661. The van der Waals surface area contributed by atoms with Crippen LogP contribution in [0, 0.1) is 5.41 Å². The molecule has 1 N–H and O–H groups in total. The van der Waals surface area contributed by atoms with E-state index in [0.717, 1.165) is 11.4 Å². The van der Waals surface area contributed by atoms with Crippen molar-refractivity contribution < 1.29 is 14.1 Å². The predicted octanol–water partition coefficient (Wildman–Crippen LogP) is 2.80. The standard InChI is InChI=1S/C23H27N5O3/c1-16(2)20-13-19(31-26-20)14-23(22(30)24-3)8-11-27(15-23)21(29)17-6-4-7-18(12-17)28-10-5-9-25-28/h4-7,9-10,12-13,16H,8,11,14-15H2,1-3H3,(H,24,30). The minimum absolute atomic E-state index is 0.0874. The summed E-state index contributed by atoms with van der Waals surface area (Å²) in [7, 11) is 1.63. The highest BCUT2D eigenvalue weighted by Crippen LogP contribution is 2.36. The Bertz CT molecular complexity index is 1070. The van der Waals surface area contributed by atoms with Crippen molar-refractivity contribution in [2.75, 3.05) is 20.1 Å². The molecule has 31 heavy (non-hydrogen) atoms. The number of carbonyl (C=O) groups is 2. The van der Waals surface area contributed by atoms with Crippen LogP contribution in [0.25, 0.3) is 5.69 Å². The fourth-order valence-electron chi connectivity index (χ4n) is 4.12. The van der Waals surface area contributed by atoms with E-state index in [1.807, 2.05) is 50.4 Å². The Morgan fingerprint density at radius 2 is 2.10 bits per heavy atom. The van der Waals surface area contributed by atoms with E-state index in [9.17, 15) is 9.59 Å². The van der Waals surface area contributed by atoms with Gasteiger partial charge in [-0.15, -0.1) is 0 Å². The van der Waals surface area contributed by atoms with Gasteiger partial charge in [0.05, 0.1) is 16.8 Å². The summed E-state index contributed by atoms with van der Waals surface area (Å²) in [5.74, 6) is 0.732. The number of hydrogen-bond acceptors (Lipinski definition) is 5. The van der Waals surface area contributed by atoms with E-state index in [0.29, 0.717) is 37.3 Å². The Labute approximate surface area is 181 Å². The number of nitrogens with zero attached hydrogens (tertiary/aromatic N) is 4. The van der Waals surface area contributed by atoms with Crippen LogP contribution in [0.1, 0.15) is 48.0 Å². The Balaban J connectivity index is 1.55. The minimum atomic E-state index is -0.738. The summed E-state index contributed by atoms with van der Waals surface area (Å²) < 4.78 is 7.22. The van der Waals surface area contributed by atoms with Crippen molar-refractivity contribution in [1.82, 2.24) is 25.2 Å². The number of hydrogen-bond donors (Lipinski definition) is 1. The first-order valence-electron chi connectivity index (χ1n) is 10.5. The maximum absolute atomic E-state index is 13.2. The summed E-state index contributed by atoms with van der Waals surface area (Å²) in [5, 5.41) is 11.1. The van der Waals surface area contributed by atoms with Crippen LogP contribution in [0.5, 0.6) is 0 Å². The van der Waals surface area contributed by atoms with E-state index < -0.39 is 5.41 Å². The molecule has 0 saturated carbocycles. The topological polar surface area (TPSA) is 93.3 Å². The van der Waals surface area contributed by atoms with Crippen molar-refractivity contribution in [1.29, 1.82) is 0 Å². The molecule has 1 saturated heterocycles. The number of carbonyl (C=O) groups excluding carboxylic acids is 2. The first kappa shape index (κ1) is 20.8. The van der Waals surface area contributed by atoms with Gasteiger partial charge in [0.1, 0.15) is 5.76 Å². The van der Waals surface area contributed by atoms with Gasteiger partial charge in [-0.25, -0.2) is 4.68 Å².